The molecule has 0 aliphatic heterocycles. The monoisotopic (exact) mass is 156 g/mol. The Morgan fingerprint density at radius 1 is 1.50 bits per heavy atom. The molecule has 3 nitrogen and oxygen atoms in total. The molecule has 0 saturated carbocycles. The van der Waals surface area contributed by atoms with Crippen molar-refractivity contribution in [2.75, 3.05) is 0 Å². The van der Waals surface area contributed by atoms with E-state index >= 15 is 0 Å². The number of aromatic nitrogens is 2. The number of nitrogens with zero attached hydrogens (tertiary/aromatic N) is 2. The van der Waals surface area contributed by atoms with Crippen LogP contribution in [-0.2, 0) is 0 Å². The van der Waals surface area contributed by atoms with Crippen LogP contribution < -0.4 is 0 Å². The summed E-state index contributed by atoms with van der Waals surface area (Å²) in [6.45, 7) is 1.72. The zero-order valence-corrected chi connectivity index (χ0v) is 4.64. The van der Waals surface area contributed by atoms with Crippen LogP contribution in [-0.4, -0.2) is 61.6 Å². The molecule has 0 unspecified atom stereocenters. The Labute approximate surface area is 95.1 Å². The maximum absolute atomic E-state index is 4.73. The van der Waals surface area contributed by atoms with Gasteiger partial charge in [0.05, 0.1) is 0 Å². The van der Waals surface area contributed by atoms with Crippen LogP contribution in [0.4, 0.5) is 0 Å². The van der Waals surface area contributed by atoms with E-state index in [0.717, 1.165) is 0 Å². The van der Waals surface area contributed by atoms with Gasteiger partial charge in [0.25, 0.3) is 5.22 Å². The van der Waals surface area contributed by atoms with E-state index in [2.05, 4.69) is 22.8 Å². The van der Waals surface area contributed by atoms with Gasteiger partial charge in [0.2, 0.25) is 5.89 Å². The zero-order chi connectivity index (χ0) is 5.28. The molecule has 0 saturated heterocycles. The van der Waals surface area contributed by atoms with Gasteiger partial charge in [0.15, 0.2) is 0 Å². The van der Waals surface area contributed by atoms with Gasteiger partial charge >= 0.3 is 51.4 Å². The predicted molar refractivity (Wildman–Crippen MR) is 33.4 cm³/mol. The first-order chi connectivity index (χ1) is 3.29. The molecule has 0 aliphatic rings. The first kappa shape index (κ1) is 9.13. The molecule has 1 aromatic heterocycles. The molecule has 5 heteroatoms. The molecular formula is C3H5KN2OS. The molecule has 1 rings (SSSR count). The van der Waals surface area contributed by atoms with Crippen molar-refractivity contribution >= 4 is 64.0 Å². The van der Waals surface area contributed by atoms with Gasteiger partial charge < -0.3 is 4.42 Å². The second-order valence-corrected chi connectivity index (χ2v) is 1.49. The number of hydrogen-bond donors (Lipinski definition) is 1. The normalized spacial score (nSPS) is 8.25. The first-order valence-corrected chi connectivity index (χ1v) is 2.23. The molecule has 0 aromatic carbocycles. The second-order valence-electron chi connectivity index (χ2n) is 1.10. The van der Waals surface area contributed by atoms with Crippen molar-refractivity contribution in [3.63, 3.8) is 0 Å². The Hall–Kier alpha value is 1.13. The van der Waals surface area contributed by atoms with Crippen LogP contribution in [0.25, 0.3) is 0 Å². The average molecular weight is 156 g/mol. The second kappa shape index (κ2) is 4.02. The summed E-state index contributed by atoms with van der Waals surface area (Å²) in [6, 6.07) is 0. The van der Waals surface area contributed by atoms with Gasteiger partial charge in [-0.1, -0.05) is 12.6 Å². The van der Waals surface area contributed by atoms with Crippen molar-refractivity contribution in [2.24, 2.45) is 0 Å². The molecule has 40 valence electrons. The zero-order valence-electron chi connectivity index (χ0n) is 3.75. The van der Waals surface area contributed by atoms with E-state index in [9.17, 15) is 0 Å². The van der Waals surface area contributed by atoms with Crippen LogP contribution in [0.5, 0.6) is 0 Å². The van der Waals surface area contributed by atoms with Crippen molar-refractivity contribution in [2.45, 2.75) is 12.1 Å². The van der Waals surface area contributed by atoms with Crippen molar-refractivity contribution in [1.29, 1.82) is 0 Å². The molecular weight excluding hydrogens is 151 g/mol. The van der Waals surface area contributed by atoms with Crippen molar-refractivity contribution in [3.8, 4) is 0 Å². The molecule has 1 aromatic rings. The fourth-order valence-corrected chi connectivity index (χ4v) is 0.463. The van der Waals surface area contributed by atoms with Gasteiger partial charge in [-0.3, -0.25) is 0 Å². The van der Waals surface area contributed by atoms with Gasteiger partial charge in [-0.25, -0.2) is 0 Å². The summed E-state index contributed by atoms with van der Waals surface area (Å²) in [7, 11) is 0. The summed E-state index contributed by atoms with van der Waals surface area (Å²) in [5.41, 5.74) is 0. The van der Waals surface area contributed by atoms with Gasteiger partial charge in [0, 0.05) is 6.92 Å². The number of aryl methyl sites for hydroxylation is 1. The molecule has 0 bridgehead atoms. The third-order valence-corrected chi connectivity index (χ3v) is 0.696. The first-order valence-electron chi connectivity index (χ1n) is 1.78. The van der Waals surface area contributed by atoms with E-state index in [4.69, 9.17) is 4.42 Å². The SMILES string of the molecule is Cc1nnc(S)o1.[KH]. The Kier molecular flexibility index (Phi) is 4.59. The van der Waals surface area contributed by atoms with Gasteiger partial charge in [-0.2, -0.15) is 0 Å². The Bertz CT molecular complexity index is 150. The van der Waals surface area contributed by atoms with Crippen LogP contribution in [0, 0.1) is 6.92 Å². The molecule has 0 radical (unpaired) electrons. The third kappa shape index (κ3) is 2.61. The van der Waals surface area contributed by atoms with E-state index < -0.39 is 0 Å². The third-order valence-electron chi connectivity index (χ3n) is 0.515. The van der Waals surface area contributed by atoms with Crippen LogP contribution in [0.15, 0.2) is 9.64 Å². The molecule has 0 atom stereocenters. The number of rotatable bonds is 0. The Morgan fingerprint density at radius 3 is 2.25 bits per heavy atom. The fourth-order valence-electron chi connectivity index (χ4n) is 0.286. The Balaban J connectivity index is 0.000000490. The average Bonchev–Trinajstić information content (AvgIpc) is 1.87. The summed E-state index contributed by atoms with van der Waals surface area (Å²) in [6.07, 6.45) is 0. The van der Waals surface area contributed by atoms with Gasteiger partial charge in [0.1, 0.15) is 0 Å². The molecule has 0 fully saturated rings. The fraction of sp³-hybridized carbons (Fsp3) is 0.333. The van der Waals surface area contributed by atoms with Crippen molar-refractivity contribution in [3.05, 3.63) is 5.89 Å². The molecule has 0 N–H and O–H groups in total. The molecule has 8 heavy (non-hydrogen) atoms. The predicted octanol–water partition coefficient (Wildman–Crippen LogP) is 0.0182. The van der Waals surface area contributed by atoms with E-state index in [-0.39, 0.29) is 51.4 Å². The summed E-state index contributed by atoms with van der Waals surface area (Å²) >= 11 is 3.76. The quantitative estimate of drug-likeness (QED) is 0.425. The topological polar surface area (TPSA) is 38.9 Å². The Morgan fingerprint density at radius 2 is 2.12 bits per heavy atom. The van der Waals surface area contributed by atoms with Crippen LogP contribution in [0.3, 0.4) is 0 Å². The molecule has 0 aliphatic carbocycles. The summed E-state index contributed by atoms with van der Waals surface area (Å²) in [5, 5.41) is 7.30. The maximum atomic E-state index is 4.73. The summed E-state index contributed by atoms with van der Waals surface area (Å²) < 4.78 is 4.73. The number of thiol groups is 1. The van der Waals surface area contributed by atoms with Crippen LogP contribution in [0.1, 0.15) is 5.89 Å². The van der Waals surface area contributed by atoms with Crippen molar-refractivity contribution in [1.82, 2.24) is 10.2 Å². The summed E-state index contributed by atoms with van der Waals surface area (Å²) in [5.74, 6) is 0.546. The van der Waals surface area contributed by atoms with E-state index in [1.165, 1.54) is 0 Å². The van der Waals surface area contributed by atoms with E-state index in [1.54, 1.807) is 6.92 Å². The standard InChI is InChI=1S/C3H4N2OS.K.H/c1-2-4-5-3(7)6-2;;/h1H3,(H,5,7);;. The van der Waals surface area contributed by atoms with Crippen LogP contribution >= 0.6 is 12.6 Å². The molecule has 0 spiro atoms. The van der Waals surface area contributed by atoms with E-state index in [1.807, 2.05) is 0 Å². The van der Waals surface area contributed by atoms with Crippen molar-refractivity contribution < 1.29 is 4.42 Å². The minimum atomic E-state index is 0. The van der Waals surface area contributed by atoms with Gasteiger partial charge in [-0.15, -0.1) is 10.2 Å². The van der Waals surface area contributed by atoms with Crippen LogP contribution in [0.2, 0.25) is 0 Å². The van der Waals surface area contributed by atoms with Gasteiger partial charge in [-0.05, 0) is 0 Å². The number of hydrogen-bond acceptors (Lipinski definition) is 4. The van der Waals surface area contributed by atoms with E-state index in [0.29, 0.717) is 11.1 Å². The summed E-state index contributed by atoms with van der Waals surface area (Å²) in [4.78, 5) is 0. The molecule has 1 heterocycles. The molecule has 0 amide bonds. The minimum absolute atomic E-state index is 0.